The molecule has 0 fully saturated rings. The van der Waals surface area contributed by atoms with Gasteiger partial charge in [0.2, 0.25) is 0 Å². The number of allylic oxidation sites excluding steroid dienone is 1. The Kier molecular flexibility index (Phi) is 1.44. The van der Waals surface area contributed by atoms with Crippen LogP contribution in [0, 0.1) is 0 Å². The van der Waals surface area contributed by atoms with E-state index in [-0.39, 0.29) is 11.8 Å². The van der Waals surface area contributed by atoms with Gasteiger partial charge in [0.05, 0.1) is 5.88 Å². The van der Waals surface area contributed by atoms with Crippen LogP contribution in [-0.2, 0) is 4.79 Å². The predicted octanol–water partition coefficient (Wildman–Crippen LogP) is 0.763. The first-order chi connectivity index (χ1) is 3.84. The molecule has 1 amide bonds. The van der Waals surface area contributed by atoms with E-state index in [1.165, 1.54) is 6.21 Å². The molecule has 0 saturated heterocycles. The Balaban J connectivity index is 2.73. The van der Waals surface area contributed by atoms with Gasteiger partial charge in [0.1, 0.15) is 0 Å². The summed E-state index contributed by atoms with van der Waals surface area (Å²) in [6.07, 6.45) is 3.08. The summed E-state index contributed by atoms with van der Waals surface area (Å²) in [6, 6.07) is 0. The number of amides is 1. The predicted molar refractivity (Wildman–Crippen MR) is 32.3 cm³/mol. The first-order valence-electron chi connectivity index (χ1n) is 2.18. The average Bonchev–Trinajstić information content (AvgIpc) is 2.14. The van der Waals surface area contributed by atoms with Crippen LogP contribution in [0.3, 0.4) is 0 Å². The van der Waals surface area contributed by atoms with Gasteiger partial charge >= 0.3 is 0 Å². The summed E-state index contributed by atoms with van der Waals surface area (Å²) in [6.45, 7) is 0. The fourth-order valence-corrected chi connectivity index (χ4v) is 0.654. The smallest absolute Gasteiger partial charge is 0.267 e. The van der Waals surface area contributed by atoms with Crippen molar-refractivity contribution in [2.45, 2.75) is 0 Å². The van der Waals surface area contributed by atoms with Gasteiger partial charge in [-0.1, -0.05) is 0 Å². The fraction of sp³-hybridized carbons (Fsp3) is 0.200. The van der Waals surface area contributed by atoms with Crippen LogP contribution in [0.15, 0.2) is 16.6 Å². The molecule has 0 radical (unpaired) electrons. The number of alkyl halides is 1. The summed E-state index contributed by atoms with van der Waals surface area (Å²) in [5.41, 5.74) is 0.576. The Bertz CT molecular complexity index is 171. The highest BCUT2D eigenvalue weighted by atomic mass is 35.5. The molecule has 2 nitrogen and oxygen atoms in total. The highest BCUT2D eigenvalue weighted by molar-refractivity contribution is 6.24. The second-order valence-electron chi connectivity index (χ2n) is 1.41. The van der Waals surface area contributed by atoms with Crippen LogP contribution in [0.4, 0.5) is 0 Å². The first-order valence-corrected chi connectivity index (χ1v) is 2.71. The van der Waals surface area contributed by atoms with Gasteiger partial charge in [-0.05, 0) is 6.08 Å². The van der Waals surface area contributed by atoms with Gasteiger partial charge in [0, 0.05) is 11.8 Å². The molecule has 0 aromatic rings. The second-order valence-corrected chi connectivity index (χ2v) is 1.68. The van der Waals surface area contributed by atoms with Crippen LogP contribution in [0.2, 0.25) is 0 Å². The maximum Gasteiger partial charge on any atom is 0.274 e. The minimum atomic E-state index is -0.208. The quantitative estimate of drug-likeness (QED) is 0.481. The van der Waals surface area contributed by atoms with Gasteiger partial charge in [-0.15, -0.1) is 11.6 Å². The summed E-state index contributed by atoms with van der Waals surface area (Å²) in [7, 11) is 0. The zero-order valence-electron chi connectivity index (χ0n) is 4.10. The standard InChI is InChI=1S/C5H4ClNO/c6-3-4-1-2-7-5(4)8/h1-2H,3H2. The minimum Gasteiger partial charge on any atom is -0.267 e. The molecule has 1 rings (SSSR count). The van der Waals surface area contributed by atoms with Crippen LogP contribution in [0.1, 0.15) is 0 Å². The number of carbonyl (C=O) groups is 1. The fourth-order valence-electron chi connectivity index (χ4n) is 0.451. The molecule has 0 unspecified atom stereocenters. The Labute approximate surface area is 51.9 Å². The summed E-state index contributed by atoms with van der Waals surface area (Å²) in [5.74, 6) is 0.0544. The zero-order chi connectivity index (χ0) is 5.98. The van der Waals surface area contributed by atoms with Crippen molar-refractivity contribution >= 4 is 23.7 Å². The maximum absolute atomic E-state index is 10.5. The molecule has 0 saturated carbocycles. The molecule has 1 aliphatic heterocycles. The van der Waals surface area contributed by atoms with Gasteiger partial charge in [-0.3, -0.25) is 4.79 Å². The van der Waals surface area contributed by atoms with Crippen molar-refractivity contribution in [3.8, 4) is 0 Å². The molecular weight excluding hydrogens is 126 g/mol. The number of carbonyl (C=O) groups excluding carboxylic acids is 1. The lowest BCUT2D eigenvalue weighted by molar-refractivity contribution is -0.114. The van der Waals surface area contributed by atoms with E-state index in [0.29, 0.717) is 5.57 Å². The van der Waals surface area contributed by atoms with Crippen molar-refractivity contribution in [2.24, 2.45) is 4.99 Å². The van der Waals surface area contributed by atoms with E-state index in [9.17, 15) is 4.79 Å². The molecule has 42 valence electrons. The van der Waals surface area contributed by atoms with E-state index in [2.05, 4.69) is 4.99 Å². The van der Waals surface area contributed by atoms with E-state index < -0.39 is 0 Å². The maximum atomic E-state index is 10.5. The van der Waals surface area contributed by atoms with Gasteiger partial charge in [0.15, 0.2) is 0 Å². The Morgan fingerprint density at radius 1 is 1.75 bits per heavy atom. The molecule has 8 heavy (non-hydrogen) atoms. The van der Waals surface area contributed by atoms with Crippen molar-refractivity contribution in [3.63, 3.8) is 0 Å². The van der Waals surface area contributed by atoms with Crippen molar-refractivity contribution < 1.29 is 4.79 Å². The summed E-state index contributed by atoms with van der Waals surface area (Å²) >= 11 is 5.33. The van der Waals surface area contributed by atoms with E-state index in [1.54, 1.807) is 6.08 Å². The third-order valence-corrected chi connectivity index (χ3v) is 1.17. The van der Waals surface area contributed by atoms with Crippen molar-refractivity contribution in [2.75, 3.05) is 5.88 Å². The van der Waals surface area contributed by atoms with E-state index in [4.69, 9.17) is 11.6 Å². The molecule has 0 atom stereocenters. The molecule has 1 heterocycles. The highest BCUT2D eigenvalue weighted by Crippen LogP contribution is 2.03. The number of aliphatic imine (C=N–C) groups is 1. The first kappa shape index (κ1) is 5.51. The molecule has 0 N–H and O–H groups in total. The van der Waals surface area contributed by atoms with Crippen molar-refractivity contribution in [1.29, 1.82) is 0 Å². The van der Waals surface area contributed by atoms with E-state index in [1.807, 2.05) is 0 Å². The number of nitrogens with zero attached hydrogens (tertiary/aromatic N) is 1. The molecule has 0 aromatic heterocycles. The monoisotopic (exact) mass is 129 g/mol. The Hall–Kier alpha value is -0.630. The van der Waals surface area contributed by atoms with Gasteiger partial charge < -0.3 is 0 Å². The zero-order valence-corrected chi connectivity index (χ0v) is 4.85. The lowest BCUT2D eigenvalue weighted by Crippen LogP contribution is -1.93. The van der Waals surface area contributed by atoms with Crippen LogP contribution >= 0.6 is 11.6 Å². The second kappa shape index (κ2) is 2.09. The molecule has 0 spiro atoms. The largest absolute Gasteiger partial charge is 0.274 e. The van der Waals surface area contributed by atoms with E-state index >= 15 is 0 Å². The molecule has 0 aliphatic carbocycles. The molecule has 1 aliphatic rings. The van der Waals surface area contributed by atoms with Crippen LogP contribution in [0.5, 0.6) is 0 Å². The van der Waals surface area contributed by atoms with Crippen molar-refractivity contribution in [3.05, 3.63) is 11.6 Å². The molecule has 3 heteroatoms. The molecule has 0 bridgehead atoms. The van der Waals surface area contributed by atoms with E-state index in [0.717, 1.165) is 0 Å². The lowest BCUT2D eigenvalue weighted by Gasteiger charge is -1.84. The normalized spacial score (nSPS) is 17.1. The summed E-state index contributed by atoms with van der Waals surface area (Å²) in [4.78, 5) is 13.9. The highest BCUT2D eigenvalue weighted by Gasteiger charge is 2.08. The number of hydrogen-bond donors (Lipinski definition) is 0. The minimum absolute atomic E-state index is 0.208. The lowest BCUT2D eigenvalue weighted by atomic mass is 10.3. The number of halogens is 1. The van der Waals surface area contributed by atoms with Gasteiger partial charge in [-0.2, -0.15) is 0 Å². The Morgan fingerprint density at radius 3 is 2.75 bits per heavy atom. The van der Waals surface area contributed by atoms with Crippen LogP contribution < -0.4 is 0 Å². The van der Waals surface area contributed by atoms with Crippen LogP contribution in [-0.4, -0.2) is 18.0 Å². The third-order valence-electron chi connectivity index (χ3n) is 0.886. The van der Waals surface area contributed by atoms with Crippen LogP contribution in [0.25, 0.3) is 0 Å². The van der Waals surface area contributed by atoms with Gasteiger partial charge in [-0.25, -0.2) is 4.99 Å². The summed E-state index contributed by atoms with van der Waals surface area (Å²) < 4.78 is 0. The average molecular weight is 130 g/mol. The summed E-state index contributed by atoms with van der Waals surface area (Å²) in [5, 5.41) is 0. The number of hydrogen-bond acceptors (Lipinski definition) is 1. The molecule has 0 aromatic carbocycles. The SMILES string of the molecule is O=C1N=CC=C1CCl. The molecular formula is C5H4ClNO. The van der Waals surface area contributed by atoms with Gasteiger partial charge in [0.25, 0.3) is 5.91 Å². The Morgan fingerprint density at radius 2 is 2.50 bits per heavy atom. The number of rotatable bonds is 1. The third kappa shape index (κ3) is 0.793. The topological polar surface area (TPSA) is 29.4 Å². The van der Waals surface area contributed by atoms with Crippen molar-refractivity contribution in [1.82, 2.24) is 0 Å².